The van der Waals surface area contributed by atoms with Crippen LogP contribution in [0.25, 0.3) is 11.3 Å². The zero-order chi connectivity index (χ0) is 19.4. The van der Waals surface area contributed by atoms with Gasteiger partial charge < -0.3 is 9.84 Å². The monoisotopic (exact) mass is 467 g/mol. The third kappa shape index (κ3) is 4.68. The van der Waals surface area contributed by atoms with Crippen molar-refractivity contribution < 1.29 is 9.34 Å². The van der Waals surface area contributed by atoms with Crippen LogP contribution < -0.4 is 5.43 Å². The Bertz CT molecular complexity index is 1000. The summed E-state index contributed by atoms with van der Waals surface area (Å²) in [7, 11) is 0. The van der Waals surface area contributed by atoms with Gasteiger partial charge in [-0.25, -0.2) is 0 Å². The second-order valence-electron chi connectivity index (χ2n) is 5.42. The van der Waals surface area contributed by atoms with E-state index in [9.17, 15) is 10.1 Å². The third-order valence-corrected chi connectivity index (χ3v) is 5.02. The molecule has 0 bridgehead atoms. The molecule has 0 radical (unpaired) electrons. The number of nitrogens with zero attached hydrogens (tertiary/aromatic N) is 2. The van der Waals surface area contributed by atoms with Gasteiger partial charge in [0.15, 0.2) is 0 Å². The molecule has 6 nitrogen and oxygen atoms in total. The van der Waals surface area contributed by atoms with E-state index < -0.39 is 4.92 Å². The molecule has 9 heteroatoms. The van der Waals surface area contributed by atoms with Gasteiger partial charge in [0.1, 0.15) is 11.5 Å². The van der Waals surface area contributed by atoms with Gasteiger partial charge in [-0.15, -0.1) is 0 Å². The molecule has 0 amide bonds. The summed E-state index contributed by atoms with van der Waals surface area (Å²) < 4.78 is 6.28. The molecule has 3 rings (SSSR count). The molecule has 0 atom stereocenters. The maximum Gasteiger partial charge on any atom is 0.270 e. The molecular formula is C18H12BrCl2N3O3. The van der Waals surface area contributed by atoms with E-state index in [0.29, 0.717) is 38.1 Å². The molecule has 0 unspecified atom stereocenters. The average Bonchev–Trinajstić information content (AvgIpc) is 3.09. The van der Waals surface area contributed by atoms with Crippen LogP contribution in [0.4, 0.5) is 5.69 Å². The molecule has 0 fully saturated rings. The Morgan fingerprint density at radius 1 is 1.19 bits per heavy atom. The molecule has 0 aliphatic rings. The van der Waals surface area contributed by atoms with Gasteiger partial charge in [-0.05, 0) is 46.3 Å². The van der Waals surface area contributed by atoms with Gasteiger partial charge in [-0.1, -0.05) is 29.3 Å². The Hall–Kier alpha value is -2.35. The number of furan rings is 1. The van der Waals surface area contributed by atoms with E-state index in [1.807, 2.05) is 0 Å². The number of non-ortho nitro benzene ring substituents is 1. The van der Waals surface area contributed by atoms with Crippen LogP contribution in [-0.4, -0.2) is 11.1 Å². The number of hydrogen-bond donors (Lipinski definition) is 1. The summed E-state index contributed by atoms with van der Waals surface area (Å²) in [5.41, 5.74) is 4.33. The predicted octanol–water partition coefficient (Wildman–Crippen LogP) is 6.05. The van der Waals surface area contributed by atoms with Crippen molar-refractivity contribution in [3.63, 3.8) is 0 Å². The summed E-state index contributed by atoms with van der Waals surface area (Å²) in [5.74, 6) is 1.08. The quantitative estimate of drug-likeness (QED) is 0.271. The van der Waals surface area contributed by atoms with Gasteiger partial charge in [0.2, 0.25) is 0 Å². The molecule has 27 heavy (non-hydrogen) atoms. The fourth-order valence-electron chi connectivity index (χ4n) is 2.32. The summed E-state index contributed by atoms with van der Waals surface area (Å²) >= 11 is 15.5. The van der Waals surface area contributed by atoms with Gasteiger partial charge in [-0.3, -0.25) is 10.1 Å². The first-order chi connectivity index (χ1) is 13.0. The molecule has 1 heterocycles. The summed E-state index contributed by atoms with van der Waals surface area (Å²) in [5, 5.41) is 16.0. The highest BCUT2D eigenvalue weighted by atomic mass is 79.9. The van der Waals surface area contributed by atoms with Crippen LogP contribution in [0.3, 0.4) is 0 Å². The van der Waals surface area contributed by atoms with Crippen molar-refractivity contribution in [2.24, 2.45) is 5.10 Å². The van der Waals surface area contributed by atoms with E-state index in [1.54, 1.807) is 36.4 Å². The minimum absolute atomic E-state index is 0.00130. The molecule has 0 spiro atoms. The van der Waals surface area contributed by atoms with Crippen LogP contribution in [0.1, 0.15) is 11.3 Å². The van der Waals surface area contributed by atoms with Gasteiger partial charge in [0, 0.05) is 37.8 Å². The third-order valence-electron chi connectivity index (χ3n) is 3.66. The Balaban J connectivity index is 1.68. The van der Waals surface area contributed by atoms with Crippen LogP contribution in [0.2, 0.25) is 10.0 Å². The topological polar surface area (TPSA) is 80.7 Å². The normalized spacial score (nSPS) is 11.1. The van der Waals surface area contributed by atoms with Gasteiger partial charge in [0.25, 0.3) is 5.69 Å². The Labute approximate surface area is 173 Å². The first-order valence-corrected chi connectivity index (χ1v) is 9.23. The number of benzene rings is 2. The van der Waals surface area contributed by atoms with E-state index >= 15 is 0 Å². The zero-order valence-corrected chi connectivity index (χ0v) is 16.8. The minimum Gasteiger partial charge on any atom is -0.455 e. The van der Waals surface area contributed by atoms with Crippen molar-refractivity contribution in [1.29, 1.82) is 0 Å². The fourth-order valence-corrected chi connectivity index (χ4v) is 3.41. The van der Waals surface area contributed by atoms with E-state index in [-0.39, 0.29) is 5.69 Å². The molecule has 0 saturated carbocycles. The van der Waals surface area contributed by atoms with Gasteiger partial charge in [-0.2, -0.15) is 5.10 Å². The molecule has 1 N–H and O–H groups in total. The zero-order valence-electron chi connectivity index (χ0n) is 13.7. The Morgan fingerprint density at radius 3 is 2.59 bits per heavy atom. The lowest BCUT2D eigenvalue weighted by Crippen LogP contribution is -2.06. The van der Waals surface area contributed by atoms with Crippen LogP contribution in [0.15, 0.2) is 62.5 Å². The molecule has 1 aromatic heterocycles. The maximum absolute atomic E-state index is 10.8. The molecule has 0 saturated heterocycles. The van der Waals surface area contributed by atoms with Crippen LogP contribution in [0, 0.1) is 10.1 Å². The number of halogens is 3. The molecule has 3 aromatic rings. The molecule has 0 aliphatic heterocycles. The number of nitro groups is 1. The highest BCUT2D eigenvalue weighted by molar-refractivity contribution is 9.10. The van der Waals surface area contributed by atoms with Gasteiger partial charge in [0.05, 0.1) is 17.7 Å². The number of nitro benzene ring substituents is 1. The predicted molar refractivity (Wildman–Crippen MR) is 109 cm³/mol. The largest absolute Gasteiger partial charge is 0.455 e. The summed E-state index contributed by atoms with van der Waals surface area (Å²) in [6.45, 7) is 0.372. The van der Waals surface area contributed by atoms with Crippen molar-refractivity contribution in [3.8, 4) is 11.3 Å². The lowest BCUT2D eigenvalue weighted by Gasteiger charge is -2.05. The lowest BCUT2D eigenvalue weighted by molar-refractivity contribution is -0.384. The number of hydrazone groups is 1. The van der Waals surface area contributed by atoms with Crippen LogP contribution in [-0.2, 0) is 6.54 Å². The number of hydrogen-bond acceptors (Lipinski definition) is 5. The van der Waals surface area contributed by atoms with E-state index in [2.05, 4.69) is 26.5 Å². The van der Waals surface area contributed by atoms with E-state index in [0.717, 1.165) is 5.56 Å². The second-order valence-corrected chi connectivity index (χ2v) is 7.09. The van der Waals surface area contributed by atoms with Crippen LogP contribution >= 0.6 is 39.1 Å². The first-order valence-electron chi connectivity index (χ1n) is 7.68. The SMILES string of the molecule is O=[N+]([O-])c1ccc(-c2ccc(/C=N/NCc3c(Cl)cccc3Cl)o2)c(Br)c1. The maximum atomic E-state index is 10.8. The fraction of sp³-hybridized carbons (Fsp3) is 0.0556. The van der Waals surface area contributed by atoms with Crippen molar-refractivity contribution in [2.75, 3.05) is 0 Å². The number of nitrogens with one attached hydrogen (secondary N) is 1. The molecule has 138 valence electrons. The van der Waals surface area contributed by atoms with Crippen molar-refractivity contribution >= 4 is 51.0 Å². The van der Waals surface area contributed by atoms with Crippen LogP contribution in [0.5, 0.6) is 0 Å². The Morgan fingerprint density at radius 2 is 1.93 bits per heavy atom. The van der Waals surface area contributed by atoms with Gasteiger partial charge >= 0.3 is 0 Å². The molecular weight excluding hydrogens is 457 g/mol. The summed E-state index contributed by atoms with van der Waals surface area (Å²) in [4.78, 5) is 10.4. The molecule has 0 aliphatic carbocycles. The lowest BCUT2D eigenvalue weighted by atomic mass is 10.1. The van der Waals surface area contributed by atoms with E-state index in [1.165, 1.54) is 18.3 Å². The minimum atomic E-state index is -0.453. The van der Waals surface area contributed by atoms with Crippen molar-refractivity contribution in [1.82, 2.24) is 5.43 Å². The number of rotatable bonds is 6. The average molecular weight is 469 g/mol. The standard InChI is InChI=1S/C18H12BrCl2N3O3/c19-15-8-11(24(25)26)4-6-13(15)18-7-5-12(27-18)9-22-23-10-14-16(20)2-1-3-17(14)21/h1-9,23H,10H2/b22-9+. The smallest absolute Gasteiger partial charge is 0.270 e. The van der Waals surface area contributed by atoms with Crippen molar-refractivity contribution in [3.05, 3.63) is 84.5 Å². The van der Waals surface area contributed by atoms with Crippen molar-refractivity contribution in [2.45, 2.75) is 6.54 Å². The Kier molecular flexibility index (Phi) is 6.15. The summed E-state index contributed by atoms with van der Waals surface area (Å²) in [6.07, 6.45) is 1.52. The highest BCUT2D eigenvalue weighted by Crippen LogP contribution is 2.32. The highest BCUT2D eigenvalue weighted by Gasteiger charge is 2.13. The summed E-state index contributed by atoms with van der Waals surface area (Å²) in [6, 6.07) is 13.3. The van der Waals surface area contributed by atoms with E-state index in [4.69, 9.17) is 27.6 Å². The first kappa shape index (κ1) is 19.4. The second kappa shape index (κ2) is 8.56. The molecule has 2 aromatic carbocycles.